The minimum absolute atomic E-state index is 0.219. The number of halogens is 1. The van der Waals surface area contributed by atoms with Gasteiger partial charge < -0.3 is 10.1 Å². The van der Waals surface area contributed by atoms with E-state index in [1.165, 1.54) is 0 Å². The van der Waals surface area contributed by atoms with Gasteiger partial charge in [-0.15, -0.1) is 0 Å². The van der Waals surface area contributed by atoms with Crippen molar-refractivity contribution in [2.45, 2.75) is 12.1 Å². The number of carbonyl (C=O) groups excluding carboxylic acids is 2. The van der Waals surface area contributed by atoms with Crippen LogP contribution in [0, 0.1) is 0 Å². The topological polar surface area (TPSA) is 55.4 Å². The first-order chi connectivity index (χ1) is 10.1. The van der Waals surface area contributed by atoms with Crippen LogP contribution in [0.2, 0.25) is 0 Å². The largest absolute Gasteiger partial charge is 0.435 e. The van der Waals surface area contributed by atoms with E-state index < -0.39 is 18.2 Å². The lowest BCUT2D eigenvalue weighted by Crippen LogP contribution is -2.29. The SMILES string of the molecule is O=C1N[C@@H](c2ccccc2)[C@H](C(=O)c2cccc(Br)c2)O1. The van der Waals surface area contributed by atoms with Crippen LogP contribution in [0.25, 0.3) is 0 Å². The van der Waals surface area contributed by atoms with Crippen molar-refractivity contribution in [3.05, 3.63) is 70.2 Å². The highest BCUT2D eigenvalue weighted by Gasteiger charge is 2.40. The van der Waals surface area contributed by atoms with E-state index >= 15 is 0 Å². The van der Waals surface area contributed by atoms with E-state index in [1.54, 1.807) is 18.2 Å². The van der Waals surface area contributed by atoms with Gasteiger partial charge in [0.2, 0.25) is 5.78 Å². The molecule has 1 fully saturated rings. The van der Waals surface area contributed by atoms with Crippen molar-refractivity contribution in [3.8, 4) is 0 Å². The minimum Gasteiger partial charge on any atom is -0.435 e. The maximum absolute atomic E-state index is 12.6. The molecule has 0 bridgehead atoms. The Hall–Kier alpha value is -2.14. The summed E-state index contributed by atoms with van der Waals surface area (Å²) in [6, 6.07) is 15.9. The lowest BCUT2D eigenvalue weighted by atomic mass is 9.96. The molecule has 21 heavy (non-hydrogen) atoms. The molecule has 1 saturated heterocycles. The Balaban J connectivity index is 1.92. The molecule has 0 aromatic heterocycles. The van der Waals surface area contributed by atoms with Crippen LogP contribution >= 0.6 is 15.9 Å². The van der Waals surface area contributed by atoms with Crippen molar-refractivity contribution in [2.24, 2.45) is 0 Å². The molecule has 0 radical (unpaired) electrons. The lowest BCUT2D eigenvalue weighted by Gasteiger charge is -2.16. The molecule has 0 saturated carbocycles. The number of benzene rings is 2. The fourth-order valence-corrected chi connectivity index (χ4v) is 2.75. The summed E-state index contributed by atoms with van der Waals surface area (Å²) in [6.45, 7) is 0. The van der Waals surface area contributed by atoms with Gasteiger partial charge in [0, 0.05) is 10.0 Å². The van der Waals surface area contributed by atoms with Crippen molar-refractivity contribution in [2.75, 3.05) is 0 Å². The monoisotopic (exact) mass is 345 g/mol. The van der Waals surface area contributed by atoms with Gasteiger partial charge in [-0.2, -0.15) is 0 Å². The maximum Gasteiger partial charge on any atom is 0.408 e. The number of cyclic esters (lactones) is 1. The molecule has 3 rings (SSSR count). The quantitative estimate of drug-likeness (QED) is 0.866. The minimum atomic E-state index is -0.853. The summed E-state index contributed by atoms with van der Waals surface area (Å²) in [6.07, 6.45) is -1.42. The highest BCUT2D eigenvalue weighted by molar-refractivity contribution is 9.10. The van der Waals surface area contributed by atoms with Gasteiger partial charge in [-0.05, 0) is 17.7 Å². The summed E-state index contributed by atoms with van der Waals surface area (Å²) < 4.78 is 5.98. The summed E-state index contributed by atoms with van der Waals surface area (Å²) in [4.78, 5) is 24.1. The molecule has 1 aliphatic heterocycles. The molecule has 1 aliphatic rings. The van der Waals surface area contributed by atoms with Crippen LogP contribution in [0.3, 0.4) is 0 Å². The molecule has 2 atom stereocenters. The zero-order chi connectivity index (χ0) is 14.8. The van der Waals surface area contributed by atoms with Crippen LogP contribution in [-0.2, 0) is 4.74 Å². The normalized spacial score (nSPS) is 20.7. The van der Waals surface area contributed by atoms with Gasteiger partial charge in [0.05, 0.1) is 0 Å². The van der Waals surface area contributed by atoms with E-state index in [1.807, 2.05) is 36.4 Å². The van der Waals surface area contributed by atoms with Crippen LogP contribution in [-0.4, -0.2) is 18.0 Å². The van der Waals surface area contributed by atoms with E-state index in [0.717, 1.165) is 10.0 Å². The third-order valence-corrected chi connectivity index (χ3v) is 3.83. The van der Waals surface area contributed by atoms with Gasteiger partial charge in [-0.25, -0.2) is 4.79 Å². The molecule has 1 heterocycles. The number of alkyl carbamates (subject to hydrolysis) is 1. The van der Waals surface area contributed by atoms with E-state index in [9.17, 15) is 9.59 Å². The number of Topliss-reactive ketones (excluding diaryl/α,β-unsaturated/α-hetero) is 1. The first kappa shape index (κ1) is 13.8. The van der Waals surface area contributed by atoms with E-state index in [2.05, 4.69) is 21.2 Å². The summed E-state index contributed by atoms with van der Waals surface area (Å²) in [5.74, 6) is -0.219. The van der Waals surface area contributed by atoms with E-state index in [0.29, 0.717) is 5.56 Å². The molecule has 106 valence electrons. The fourth-order valence-electron chi connectivity index (χ4n) is 2.35. The third-order valence-electron chi connectivity index (χ3n) is 3.34. The molecule has 1 N–H and O–H groups in total. The van der Waals surface area contributed by atoms with Gasteiger partial charge in [0.1, 0.15) is 6.04 Å². The molecule has 0 unspecified atom stereocenters. The second kappa shape index (κ2) is 5.69. The Morgan fingerprint density at radius 3 is 2.57 bits per heavy atom. The molecule has 4 nitrogen and oxygen atoms in total. The maximum atomic E-state index is 12.6. The van der Waals surface area contributed by atoms with Crippen LogP contribution in [0.15, 0.2) is 59.1 Å². The van der Waals surface area contributed by atoms with Gasteiger partial charge in [-0.1, -0.05) is 58.4 Å². The van der Waals surface area contributed by atoms with Crippen LogP contribution in [0.1, 0.15) is 22.0 Å². The Morgan fingerprint density at radius 1 is 1.10 bits per heavy atom. The number of nitrogens with one attached hydrogen (secondary N) is 1. The third kappa shape index (κ3) is 2.83. The van der Waals surface area contributed by atoms with Gasteiger partial charge in [-0.3, -0.25) is 4.79 Å². The summed E-state index contributed by atoms with van der Waals surface area (Å²) in [7, 11) is 0. The second-order valence-corrected chi connectivity index (χ2v) is 5.65. The number of amides is 1. The van der Waals surface area contributed by atoms with Crippen molar-refractivity contribution >= 4 is 27.8 Å². The number of ketones is 1. The fraction of sp³-hybridized carbons (Fsp3) is 0.125. The molecule has 0 aliphatic carbocycles. The summed E-state index contributed by atoms with van der Waals surface area (Å²) in [5.41, 5.74) is 1.35. The first-order valence-corrected chi connectivity index (χ1v) is 7.26. The number of hydrogen-bond acceptors (Lipinski definition) is 3. The molecule has 2 aromatic rings. The Labute approximate surface area is 130 Å². The van der Waals surface area contributed by atoms with E-state index in [4.69, 9.17) is 4.74 Å². The first-order valence-electron chi connectivity index (χ1n) is 6.47. The van der Waals surface area contributed by atoms with Crippen molar-refractivity contribution < 1.29 is 14.3 Å². The van der Waals surface area contributed by atoms with Crippen LogP contribution < -0.4 is 5.32 Å². The van der Waals surface area contributed by atoms with E-state index in [-0.39, 0.29) is 5.78 Å². The van der Waals surface area contributed by atoms with Gasteiger partial charge >= 0.3 is 6.09 Å². The zero-order valence-corrected chi connectivity index (χ0v) is 12.5. The van der Waals surface area contributed by atoms with Crippen molar-refractivity contribution in [1.82, 2.24) is 5.32 Å². The molecular formula is C16H12BrNO3. The smallest absolute Gasteiger partial charge is 0.408 e. The molecular weight excluding hydrogens is 334 g/mol. The number of carbonyl (C=O) groups is 2. The summed E-state index contributed by atoms with van der Waals surface area (Å²) >= 11 is 3.34. The standard InChI is InChI=1S/C16H12BrNO3/c17-12-8-4-7-11(9-12)14(19)15-13(18-16(20)21-15)10-5-2-1-3-6-10/h1-9,13,15H,(H,18,20)/t13-,15+/m0/s1. The Bertz CT molecular complexity index is 687. The number of rotatable bonds is 3. The number of hydrogen-bond donors (Lipinski definition) is 1. The lowest BCUT2D eigenvalue weighted by molar-refractivity contribution is 0.0721. The van der Waals surface area contributed by atoms with Crippen LogP contribution in [0.5, 0.6) is 0 Å². The number of ether oxygens (including phenoxy) is 1. The highest BCUT2D eigenvalue weighted by atomic mass is 79.9. The predicted molar refractivity (Wildman–Crippen MR) is 81.1 cm³/mol. The molecule has 1 amide bonds. The average Bonchev–Trinajstić information content (AvgIpc) is 2.89. The molecule has 0 spiro atoms. The molecule has 5 heteroatoms. The van der Waals surface area contributed by atoms with Crippen molar-refractivity contribution in [1.29, 1.82) is 0 Å². The van der Waals surface area contributed by atoms with Crippen LogP contribution in [0.4, 0.5) is 4.79 Å². The van der Waals surface area contributed by atoms with Gasteiger partial charge in [0.25, 0.3) is 0 Å². The zero-order valence-electron chi connectivity index (χ0n) is 11.0. The molecule has 2 aromatic carbocycles. The highest BCUT2D eigenvalue weighted by Crippen LogP contribution is 2.27. The Morgan fingerprint density at radius 2 is 1.86 bits per heavy atom. The Kier molecular flexibility index (Phi) is 3.75. The average molecular weight is 346 g/mol. The predicted octanol–water partition coefficient (Wildman–Crippen LogP) is 3.48. The van der Waals surface area contributed by atoms with Crippen molar-refractivity contribution in [3.63, 3.8) is 0 Å². The second-order valence-electron chi connectivity index (χ2n) is 4.73. The van der Waals surface area contributed by atoms with Gasteiger partial charge in [0.15, 0.2) is 6.10 Å². The summed E-state index contributed by atoms with van der Waals surface area (Å²) in [5, 5.41) is 2.69.